The third-order valence-electron chi connectivity index (χ3n) is 5.35. The van der Waals surface area contributed by atoms with Gasteiger partial charge in [0.2, 0.25) is 11.8 Å². The lowest BCUT2D eigenvalue weighted by Gasteiger charge is -2.20. The van der Waals surface area contributed by atoms with Gasteiger partial charge in [-0.3, -0.25) is 9.59 Å². The Morgan fingerprint density at radius 1 is 1.00 bits per heavy atom. The lowest BCUT2D eigenvalue weighted by Crippen LogP contribution is -2.24. The first-order chi connectivity index (χ1) is 15.1. The molecule has 0 aliphatic heterocycles. The lowest BCUT2D eigenvalue weighted by atomic mass is 9.88. The van der Waals surface area contributed by atoms with Crippen LogP contribution in [-0.2, 0) is 9.59 Å². The summed E-state index contributed by atoms with van der Waals surface area (Å²) in [5.41, 5.74) is 1.54. The minimum absolute atomic E-state index is 0.0682. The number of benzene rings is 2. The summed E-state index contributed by atoms with van der Waals surface area (Å²) in [4.78, 5) is 25.7. The van der Waals surface area contributed by atoms with Crippen molar-refractivity contribution in [3.05, 3.63) is 48.5 Å². The van der Waals surface area contributed by atoms with Crippen molar-refractivity contribution in [2.45, 2.75) is 56.8 Å². The van der Waals surface area contributed by atoms with E-state index in [4.69, 9.17) is 4.74 Å². The largest absolute Gasteiger partial charge is 0.494 e. The van der Waals surface area contributed by atoms with Gasteiger partial charge in [0.25, 0.3) is 0 Å². The van der Waals surface area contributed by atoms with Gasteiger partial charge in [0.1, 0.15) is 5.75 Å². The fourth-order valence-corrected chi connectivity index (χ4v) is 4.34. The maximum Gasteiger partial charge on any atom is 0.234 e. The highest BCUT2D eigenvalue weighted by molar-refractivity contribution is 8.00. The van der Waals surface area contributed by atoms with Gasteiger partial charge in [-0.25, -0.2) is 0 Å². The first kappa shape index (κ1) is 23.2. The quantitative estimate of drug-likeness (QED) is 0.345. The van der Waals surface area contributed by atoms with Crippen molar-refractivity contribution in [1.82, 2.24) is 0 Å². The van der Waals surface area contributed by atoms with E-state index in [1.165, 1.54) is 18.2 Å². The number of unbranched alkanes of at least 4 members (excludes halogenated alkanes) is 1. The van der Waals surface area contributed by atoms with Crippen LogP contribution in [0.1, 0.15) is 51.9 Å². The Bertz CT molecular complexity index is 848. The molecule has 5 nitrogen and oxygen atoms in total. The molecule has 2 N–H and O–H groups in total. The number of carbonyl (C=O) groups is 2. The molecule has 3 rings (SSSR count). The van der Waals surface area contributed by atoms with Crippen molar-refractivity contribution < 1.29 is 14.3 Å². The van der Waals surface area contributed by atoms with E-state index in [0.29, 0.717) is 12.4 Å². The van der Waals surface area contributed by atoms with E-state index in [-0.39, 0.29) is 17.7 Å². The maximum atomic E-state index is 12.5. The second-order valence-corrected chi connectivity index (χ2v) is 8.96. The summed E-state index contributed by atoms with van der Waals surface area (Å²) in [7, 11) is 0. The Kier molecular flexibility index (Phi) is 9.28. The molecule has 2 aromatic carbocycles. The molecule has 0 aromatic heterocycles. The van der Waals surface area contributed by atoms with Gasteiger partial charge in [0.15, 0.2) is 0 Å². The van der Waals surface area contributed by atoms with Crippen molar-refractivity contribution >= 4 is 35.0 Å². The van der Waals surface area contributed by atoms with Crippen molar-refractivity contribution in [2.75, 3.05) is 23.0 Å². The minimum atomic E-state index is -0.0682. The highest BCUT2D eigenvalue weighted by Gasteiger charge is 2.21. The number of ether oxygens (including phenoxy) is 1. The molecule has 1 aliphatic rings. The summed E-state index contributed by atoms with van der Waals surface area (Å²) in [6.45, 7) is 2.84. The van der Waals surface area contributed by atoms with Gasteiger partial charge in [0, 0.05) is 22.2 Å². The molecular formula is C25H32N2O3S. The molecule has 2 aromatic rings. The number of anilines is 2. The van der Waals surface area contributed by atoms with Crippen LogP contribution >= 0.6 is 11.8 Å². The fourth-order valence-electron chi connectivity index (χ4n) is 3.59. The Morgan fingerprint density at radius 3 is 2.52 bits per heavy atom. The van der Waals surface area contributed by atoms with E-state index in [9.17, 15) is 9.59 Å². The average molecular weight is 441 g/mol. The number of rotatable bonds is 10. The number of thioether (sulfide) groups is 1. The average Bonchev–Trinajstić information content (AvgIpc) is 2.80. The first-order valence-corrected chi connectivity index (χ1v) is 12.2. The van der Waals surface area contributed by atoms with E-state index in [1.807, 2.05) is 48.5 Å². The van der Waals surface area contributed by atoms with E-state index in [0.717, 1.165) is 60.5 Å². The van der Waals surface area contributed by atoms with Crippen molar-refractivity contribution in [3.63, 3.8) is 0 Å². The molecule has 0 atom stereocenters. The molecule has 0 heterocycles. The van der Waals surface area contributed by atoms with Gasteiger partial charge in [-0.05, 0) is 61.7 Å². The highest BCUT2D eigenvalue weighted by Crippen LogP contribution is 2.26. The molecule has 0 spiro atoms. The molecule has 0 unspecified atom stereocenters. The van der Waals surface area contributed by atoms with Crippen LogP contribution in [0.15, 0.2) is 53.4 Å². The first-order valence-electron chi connectivity index (χ1n) is 11.2. The fraction of sp³-hybridized carbons (Fsp3) is 0.440. The summed E-state index contributed by atoms with van der Waals surface area (Å²) >= 11 is 1.45. The Labute approximate surface area is 189 Å². The molecule has 0 radical (unpaired) electrons. The molecule has 0 bridgehead atoms. The molecule has 166 valence electrons. The smallest absolute Gasteiger partial charge is 0.234 e. The van der Waals surface area contributed by atoms with Gasteiger partial charge in [0.05, 0.1) is 12.4 Å². The molecule has 6 heteroatoms. The lowest BCUT2D eigenvalue weighted by molar-refractivity contribution is -0.120. The predicted molar refractivity (Wildman–Crippen MR) is 128 cm³/mol. The van der Waals surface area contributed by atoms with Crippen LogP contribution in [0.4, 0.5) is 11.4 Å². The predicted octanol–water partition coefficient (Wildman–Crippen LogP) is 6.12. The van der Waals surface area contributed by atoms with E-state index >= 15 is 0 Å². The topological polar surface area (TPSA) is 67.4 Å². The summed E-state index contributed by atoms with van der Waals surface area (Å²) in [6.07, 6.45) is 7.59. The van der Waals surface area contributed by atoms with Crippen LogP contribution in [0, 0.1) is 5.92 Å². The zero-order valence-corrected chi connectivity index (χ0v) is 19.0. The molecule has 31 heavy (non-hydrogen) atoms. The normalized spacial score (nSPS) is 14.1. The van der Waals surface area contributed by atoms with Crippen LogP contribution in [0.3, 0.4) is 0 Å². The van der Waals surface area contributed by atoms with Gasteiger partial charge in [-0.15, -0.1) is 11.8 Å². The van der Waals surface area contributed by atoms with Gasteiger partial charge in [-0.1, -0.05) is 38.7 Å². The van der Waals surface area contributed by atoms with Gasteiger partial charge >= 0.3 is 0 Å². The zero-order valence-electron chi connectivity index (χ0n) is 18.2. The summed E-state index contributed by atoms with van der Waals surface area (Å²) in [6, 6.07) is 15.1. The highest BCUT2D eigenvalue weighted by atomic mass is 32.2. The van der Waals surface area contributed by atoms with Crippen molar-refractivity contribution in [1.29, 1.82) is 0 Å². The minimum Gasteiger partial charge on any atom is -0.494 e. The Hall–Kier alpha value is -2.47. The van der Waals surface area contributed by atoms with Crippen LogP contribution < -0.4 is 15.4 Å². The zero-order chi connectivity index (χ0) is 21.9. The van der Waals surface area contributed by atoms with E-state index in [1.54, 1.807) is 0 Å². The standard InChI is InChI=1S/C25H32N2O3S/c1-2-3-16-30-22-14-12-20(13-15-22)26-24(28)18-31-23-11-7-10-21(17-23)27-25(29)19-8-5-4-6-9-19/h7,10-15,17,19H,2-6,8-9,16,18H2,1H3,(H,26,28)(H,27,29). The molecule has 1 fully saturated rings. The summed E-state index contributed by atoms with van der Waals surface area (Å²) in [5.74, 6) is 1.28. The van der Waals surface area contributed by atoms with Crippen LogP contribution in [0.2, 0.25) is 0 Å². The van der Waals surface area contributed by atoms with Crippen LogP contribution in [0.25, 0.3) is 0 Å². The van der Waals surface area contributed by atoms with E-state index in [2.05, 4.69) is 17.6 Å². The van der Waals surface area contributed by atoms with Gasteiger partial charge < -0.3 is 15.4 Å². The number of hydrogen-bond donors (Lipinski definition) is 2. The Balaban J connectivity index is 1.44. The van der Waals surface area contributed by atoms with Crippen molar-refractivity contribution in [2.24, 2.45) is 5.92 Å². The third-order valence-corrected chi connectivity index (χ3v) is 6.35. The third kappa shape index (κ3) is 7.94. The van der Waals surface area contributed by atoms with E-state index < -0.39 is 0 Å². The SMILES string of the molecule is CCCCOc1ccc(NC(=O)CSc2cccc(NC(=O)C3CCCCC3)c2)cc1. The second-order valence-electron chi connectivity index (χ2n) is 7.92. The maximum absolute atomic E-state index is 12.5. The monoisotopic (exact) mass is 440 g/mol. The number of amides is 2. The number of hydrogen-bond acceptors (Lipinski definition) is 4. The van der Waals surface area contributed by atoms with Crippen LogP contribution in [0.5, 0.6) is 5.75 Å². The number of nitrogens with one attached hydrogen (secondary N) is 2. The molecule has 1 saturated carbocycles. The molecular weight excluding hydrogens is 408 g/mol. The van der Waals surface area contributed by atoms with Gasteiger partial charge in [-0.2, -0.15) is 0 Å². The van der Waals surface area contributed by atoms with Crippen molar-refractivity contribution in [3.8, 4) is 5.75 Å². The molecule has 0 saturated heterocycles. The second kappa shape index (κ2) is 12.4. The van der Waals surface area contributed by atoms with Crippen LogP contribution in [-0.4, -0.2) is 24.2 Å². The summed E-state index contributed by atoms with van der Waals surface area (Å²) in [5, 5.41) is 5.95. The molecule has 2 amide bonds. The Morgan fingerprint density at radius 2 is 1.77 bits per heavy atom. The molecule has 1 aliphatic carbocycles. The number of carbonyl (C=O) groups excluding carboxylic acids is 2. The summed E-state index contributed by atoms with van der Waals surface area (Å²) < 4.78 is 5.64.